The number of carbonyl (C=O) groups is 1. The van der Waals surface area contributed by atoms with E-state index in [1.807, 2.05) is 23.1 Å². The maximum absolute atomic E-state index is 13.3. The number of nitrogens with zero attached hydrogens (tertiary/aromatic N) is 4. The van der Waals surface area contributed by atoms with E-state index in [1.165, 1.54) is 12.1 Å². The molecule has 1 saturated heterocycles. The number of hydrogen-bond donors (Lipinski definition) is 1. The summed E-state index contributed by atoms with van der Waals surface area (Å²) in [6, 6.07) is 11.0. The zero-order valence-electron chi connectivity index (χ0n) is 21.7. The first-order chi connectivity index (χ1) is 19.2. The standard InChI is InChI=1S/C28H29ClF3N5O2S/c29-19-2-8-25-24(13-19)35-26(40-25)16-36-9-11-37(12-10-36)27(38)17-39-22-6-4-20(5-7-22)34-21-3-1-18(15-33)23(14-21)28(30,31)32/h1-3,8,13-14,20,22,34H,4-7,9-12,16-17H2/t20-,22-. The predicted octanol–water partition coefficient (Wildman–Crippen LogP) is 5.92. The number of nitriles is 1. The molecule has 1 aliphatic carbocycles. The topological polar surface area (TPSA) is 81.5 Å². The Morgan fingerprint density at radius 1 is 1.12 bits per heavy atom. The Hall–Kier alpha value is -2.91. The van der Waals surface area contributed by atoms with Gasteiger partial charge in [-0.05, 0) is 62.1 Å². The van der Waals surface area contributed by atoms with Crippen LogP contribution in [0.1, 0.15) is 41.8 Å². The summed E-state index contributed by atoms with van der Waals surface area (Å²) in [5, 5.41) is 13.8. The molecule has 1 aliphatic heterocycles. The highest BCUT2D eigenvalue weighted by Crippen LogP contribution is 2.34. The molecule has 2 heterocycles. The fraction of sp³-hybridized carbons (Fsp3) is 0.464. The second-order valence-corrected chi connectivity index (χ2v) is 11.7. The molecule has 5 rings (SSSR count). The number of benzene rings is 2. The molecule has 0 bridgehead atoms. The minimum atomic E-state index is -4.58. The van der Waals surface area contributed by atoms with Gasteiger partial charge in [-0.25, -0.2) is 4.98 Å². The molecular formula is C28H29ClF3N5O2S. The number of thiazole rings is 1. The fourth-order valence-corrected chi connectivity index (χ4v) is 6.38. The van der Waals surface area contributed by atoms with E-state index in [-0.39, 0.29) is 30.2 Å². The molecule has 0 spiro atoms. The van der Waals surface area contributed by atoms with E-state index in [2.05, 4.69) is 15.2 Å². The minimum absolute atomic E-state index is 0.00469. The molecule has 0 atom stereocenters. The van der Waals surface area contributed by atoms with Gasteiger partial charge in [-0.1, -0.05) is 11.6 Å². The number of piperazine rings is 1. The van der Waals surface area contributed by atoms with Crippen LogP contribution in [0.25, 0.3) is 10.2 Å². The summed E-state index contributed by atoms with van der Waals surface area (Å²) < 4.78 is 46.8. The number of nitrogens with one attached hydrogen (secondary N) is 1. The quantitative estimate of drug-likeness (QED) is 0.367. The van der Waals surface area contributed by atoms with Crippen LogP contribution in [0.4, 0.5) is 18.9 Å². The third-order valence-electron chi connectivity index (χ3n) is 7.41. The fourth-order valence-electron chi connectivity index (χ4n) is 5.22. The third kappa shape index (κ3) is 7.04. The lowest BCUT2D eigenvalue weighted by molar-refractivity contribution is -0.140. The van der Waals surface area contributed by atoms with Gasteiger partial charge in [0.05, 0.1) is 40.1 Å². The normalized spacial score (nSPS) is 20.4. The maximum Gasteiger partial charge on any atom is 0.417 e. The number of rotatable bonds is 7. The van der Waals surface area contributed by atoms with Crippen molar-refractivity contribution in [2.45, 2.75) is 50.6 Å². The molecular weight excluding hydrogens is 563 g/mol. The molecule has 0 radical (unpaired) electrons. The summed E-state index contributed by atoms with van der Waals surface area (Å²) in [5.74, 6) is -0.0215. The van der Waals surface area contributed by atoms with Gasteiger partial charge >= 0.3 is 6.18 Å². The van der Waals surface area contributed by atoms with Crippen LogP contribution in [0.5, 0.6) is 0 Å². The van der Waals surface area contributed by atoms with E-state index in [0.717, 1.165) is 53.8 Å². The van der Waals surface area contributed by atoms with Crippen molar-refractivity contribution < 1.29 is 22.7 Å². The molecule has 3 aromatic rings. The second kappa shape index (κ2) is 12.3. The Morgan fingerprint density at radius 2 is 1.88 bits per heavy atom. The van der Waals surface area contributed by atoms with E-state index in [1.54, 1.807) is 17.4 Å². The van der Waals surface area contributed by atoms with E-state index < -0.39 is 11.7 Å². The van der Waals surface area contributed by atoms with Gasteiger partial charge in [0.15, 0.2) is 0 Å². The summed E-state index contributed by atoms with van der Waals surface area (Å²) in [7, 11) is 0. The highest BCUT2D eigenvalue weighted by atomic mass is 35.5. The molecule has 1 amide bonds. The molecule has 0 unspecified atom stereocenters. The van der Waals surface area contributed by atoms with Crippen molar-refractivity contribution >= 4 is 44.7 Å². The smallest absolute Gasteiger partial charge is 0.382 e. The number of carbonyl (C=O) groups excluding carboxylic acids is 1. The average molecular weight is 592 g/mol. The highest BCUT2D eigenvalue weighted by Gasteiger charge is 2.34. The Bertz CT molecular complexity index is 1390. The molecule has 2 fully saturated rings. The summed E-state index contributed by atoms with van der Waals surface area (Å²) >= 11 is 7.73. The van der Waals surface area contributed by atoms with Gasteiger partial charge in [-0.3, -0.25) is 9.69 Å². The SMILES string of the molecule is N#Cc1ccc(N[C@H]2CC[C@H](OCC(=O)N3CCN(Cc4nc5cc(Cl)ccc5s4)CC3)CC2)cc1C(F)(F)F. The van der Waals surface area contributed by atoms with Crippen molar-refractivity contribution in [1.82, 2.24) is 14.8 Å². The van der Waals surface area contributed by atoms with Crippen molar-refractivity contribution in [2.24, 2.45) is 0 Å². The van der Waals surface area contributed by atoms with Crippen LogP contribution >= 0.6 is 22.9 Å². The number of aromatic nitrogens is 1. The first-order valence-corrected chi connectivity index (χ1v) is 14.4. The average Bonchev–Trinajstić information content (AvgIpc) is 3.33. The van der Waals surface area contributed by atoms with Crippen LogP contribution in [-0.4, -0.2) is 65.6 Å². The van der Waals surface area contributed by atoms with Crippen LogP contribution in [0, 0.1) is 11.3 Å². The molecule has 1 aromatic heterocycles. The van der Waals surface area contributed by atoms with Crippen molar-refractivity contribution in [3.63, 3.8) is 0 Å². The summed E-state index contributed by atoms with van der Waals surface area (Å²) in [6.45, 7) is 3.59. The Morgan fingerprint density at radius 3 is 2.58 bits per heavy atom. The van der Waals surface area contributed by atoms with Gasteiger partial charge in [0.1, 0.15) is 11.6 Å². The molecule has 7 nitrogen and oxygen atoms in total. The highest BCUT2D eigenvalue weighted by molar-refractivity contribution is 7.18. The molecule has 2 aliphatic rings. The third-order valence-corrected chi connectivity index (χ3v) is 8.67. The van der Waals surface area contributed by atoms with E-state index in [9.17, 15) is 18.0 Å². The Kier molecular flexibility index (Phi) is 8.80. The van der Waals surface area contributed by atoms with Crippen LogP contribution < -0.4 is 5.32 Å². The van der Waals surface area contributed by atoms with Crippen LogP contribution in [0.15, 0.2) is 36.4 Å². The second-order valence-electron chi connectivity index (χ2n) is 10.2. The van der Waals surface area contributed by atoms with Crippen molar-refractivity contribution in [2.75, 3.05) is 38.1 Å². The molecule has 2 aromatic carbocycles. The predicted molar refractivity (Wildman–Crippen MR) is 148 cm³/mol. The van der Waals surface area contributed by atoms with Crippen LogP contribution in [0.2, 0.25) is 5.02 Å². The van der Waals surface area contributed by atoms with E-state index in [4.69, 9.17) is 21.6 Å². The molecule has 212 valence electrons. The number of ether oxygens (including phenoxy) is 1. The van der Waals surface area contributed by atoms with Gasteiger partial charge in [-0.15, -0.1) is 11.3 Å². The lowest BCUT2D eigenvalue weighted by atomic mass is 9.92. The summed E-state index contributed by atoms with van der Waals surface area (Å²) in [6.07, 6.45) is -1.77. The zero-order valence-corrected chi connectivity index (χ0v) is 23.3. The number of fused-ring (bicyclic) bond motifs is 1. The first kappa shape index (κ1) is 28.6. The largest absolute Gasteiger partial charge is 0.417 e. The molecule has 12 heteroatoms. The van der Waals surface area contributed by atoms with Crippen molar-refractivity contribution in [1.29, 1.82) is 5.26 Å². The molecule has 40 heavy (non-hydrogen) atoms. The maximum atomic E-state index is 13.3. The zero-order chi connectivity index (χ0) is 28.3. The van der Waals surface area contributed by atoms with Gasteiger partial charge in [0, 0.05) is 42.9 Å². The number of alkyl halides is 3. The lowest BCUT2D eigenvalue weighted by Crippen LogP contribution is -2.49. The summed E-state index contributed by atoms with van der Waals surface area (Å²) in [4.78, 5) is 21.6. The van der Waals surface area contributed by atoms with Crippen LogP contribution in [0.3, 0.4) is 0 Å². The summed E-state index contributed by atoms with van der Waals surface area (Å²) in [5.41, 5.74) is -0.0654. The van der Waals surface area contributed by atoms with Crippen molar-refractivity contribution in [3.05, 3.63) is 57.6 Å². The van der Waals surface area contributed by atoms with Crippen molar-refractivity contribution in [3.8, 4) is 6.07 Å². The first-order valence-electron chi connectivity index (χ1n) is 13.2. The lowest BCUT2D eigenvalue weighted by Gasteiger charge is -2.35. The minimum Gasteiger partial charge on any atom is -0.382 e. The Labute approximate surface area is 239 Å². The molecule has 1 saturated carbocycles. The van der Waals surface area contributed by atoms with Gasteiger partial charge < -0.3 is 15.0 Å². The molecule has 1 N–H and O–H groups in total. The number of anilines is 1. The van der Waals surface area contributed by atoms with Gasteiger partial charge in [0.25, 0.3) is 0 Å². The Balaban J connectivity index is 1.02. The number of amides is 1. The monoisotopic (exact) mass is 591 g/mol. The number of halogens is 4. The van der Waals surface area contributed by atoms with E-state index in [0.29, 0.717) is 36.6 Å². The van der Waals surface area contributed by atoms with Gasteiger partial charge in [0.2, 0.25) is 5.91 Å². The van der Waals surface area contributed by atoms with Gasteiger partial charge in [-0.2, -0.15) is 18.4 Å². The number of hydrogen-bond acceptors (Lipinski definition) is 7. The van der Waals surface area contributed by atoms with Crippen LogP contribution in [-0.2, 0) is 22.3 Å². The van der Waals surface area contributed by atoms with E-state index >= 15 is 0 Å².